The summed E-state index contributed by atoms with van der Waals surface area (Å²) in [7, 11) is -1.42. The van der Waals surface area contributed by atoms with Crippen LogP contribution in [0.15, 0.2) is 12.3 Å². The summed E-state index contributed by atoms with van der Waals surface area (Å²) in [6.45, 7) is 5.43. The zero-order chi connectivity index (χ0) is 12.3. The lowest BCUT2D eigenvalue weighted by atomic mass is 10.4. The Morgan fingerprint density at radius 3 is 2.62 bits per heavy atom. The van der Waals surface area contributed by atoms with Crippen molar-refractivity contribution in [2.75, 3.05) is 0 Å². The first-order chi connectivity index (χ1) is 7.41. The van der Waals surface area contributed by atoms with E-state index in [0.29, 0.717) is 5.69 Å². The molecule has 1 heterocycles. The monoisotopic (exact) mass is 244 g/mol. The molecular formula is C10H16N2O3S. The summed E-state index contributed by atoms with van der Waals surface area (Å²) in [5.74, 6) is -0.852. The largest absolute Gasteiger partial charge is 0.480 e. The van der Waals surface area contributed by atoms with Crippen LogP contribution in [0.5, 0.6) is 0 Å². The number of hydrogen-bond donors (Lipinski definition) is 1. The minimum Gasteiger partial charge on any atom is -0.480 e. The minimum atomic E-state index is -1.42. The molecule has 0 amide bonds. The zero-order valence-electron chi connectivity index (χ0n) is 9.58. The van der Waals surface area contributed by atoms with Crippen LogP contribution in [0, 0.1) is 0 Å². The fraction of sp³-hybridized carbons (Fsp3) is 0.600. The highest BCUT2D eigenvalue weighted by atomic mass is 32.2. The molecule has 2 atom stereocenters. The molecule has 1 aromatic heterocycles. The summed E-state index contributed by atoms with van der Waals surface area (Å²) in [6, 6.07) is 2.02. The van der Waals surface area contributed by atoms with Crippen LogP contribution in [0.1, 0.15) is 32.5 Å². The Kier molecular flexibility index (Phi) is 4.23. The average molecular weight is 244 g/mol. The van der Waals surface area contributed by atoms with Crippen molar-refractivity contribution in [2.24, 2.45) is 0 Å². The Morgan fingerprint density at radius 2 is 2.19 bits per heavy atom. The average Bonchev–Trinajstić information content (AvgIpc) is 2.64. The molecule has 0 aliphatic rings. The number of nitrogens with zero attached hydrogens (tertiary/aromatic N) is 2. The van der Waals surface area contributed by atoms with Gasteiger partial charge in [0.2, 0.25) is 0 Å². The molecule has 0 bridgehead atoms. The summed E-state index contributed by atoms with van der Waals surface area (Å²) in [5, 5.41) is 12.1. The standard InChI is InChI=1S/C10H16N2O3S/c1-7(2)12-5-4-9(11-12)6-16(15)8(3)10(13)14/h4-5,7-8H,6H2,1-3H3,(H,13,14). The van der Waals surface area contributed by atoms with E-state index in [1.807, 2.05) is 20.0 Å². The van der Waals surface area contributed by atoms with Crippen molar-refractivity contribution in [1.29, 1.82) is 0 Å². The van der Waals surface area contributed by atoms with Gasteiger partial charge in [-0.2, -0.15) is 5.10 Å². The second-order valence-corrected chi connectivity index (χ2v) is 5.64. The second kappa shape index (κ2) is 5.25. The highest BCUT2D eigenvalue weighted by molar-refractivity contribution is 7.85. The van der Waals surface area contributed by atoms with Gasteiger partial charge in [-0.25, -0.2) is 0 Å². The highest BCUT2D eigenvalue weighted by Gasteiger charge is 2.19. The van der Waals surface area contributed by atoms with E-state index in [4.69, 9.17) is 5.11 Å². The van der Waals surface area contributed by atoms with Gasteiger partial charge in [0.15, 0.2) is 0 Å². The SMILES string of the molecule is CC(C)n1ccc(CS(=O)C(C)C(=O)O)n1. The molecule has 0 radical (unpaired) electrons. The molecule has 0 aliphatic heterocycles. The van der Waals surface area contributed by atoms with Gasteiger partial charge in [-0.15, -0.1) is 0 Å². The molecule has 0 aliphatic carbocycles. The smallest absolute Gasteiger partial charge is 0.318 e. The summed E-state index contributed by atoms with van der Waals surface area (Å²) in [6.07, 6.45) is 1.81. The molecule has 0 aromatic carbocycles. The maximum Gasteiger partial charge on any atom is 0.318 e. The van der Waals surface area contributed by atoms with Gasteiger partial charge in [-0.3, -0.25) is 13.7 Å². The Labute approximate surface area is 96.9 Å². The van der Waals surface area contributed by atoms with Crippen molar-refractivity contribution in [2.45, 2.75) is 37.8 Å². The van der Waals surface area contributed by atoms with E-state index in [1.165, 1.54) is 6.92 Å². The number of hydrogen-bond acceptors (Lipinski definition) is 3. The number of carboxylic acid groups (broad SMARTS) is 1. The predicted molar refractivity (Wildman–Crippen MR) is 61.6 cm³/mol. The molecule has 5 nitrogen and oxygen atoms in total. The molecule has 0 saturated carbocycles. The van der Waals surface area contributed by atoms with E-state index in [0.717, 1.165) is 0 Å². The van der Waals surface area contributed by atoms with E-state index in [9.17, 15) is 9.00 Å². The summed E-state index contributed by atoms with van der Waals surface area (Å²) < 4.78 is 13.4. The van der Waals surface area contributed by atoms with Crippen molar-refractivity contribution in [3.63, 3.8) is 0 Å². The number of carboxylic acids is 1. The first-order valence-electron chi connectivity index (χ1n) is 5.06. The van der Waals surface area contributed by atoms with E-state index in [-0.39, 0.29) is 11.8 Å². The fourth-order valence-corrected chi connectivity index (χ4v) is 2.05. The molecule has 16 heavy (non-hydrogen) atoms. The van der Waals surface area contributed by atoms with Gasteiger partial charge in [-0.05, 0) is 26.8 Å². The van der Waals surface area contributed by atoms with Gasteiger partial charge in [0.25, 0.3) is 0 Å². The third-order valence-corrected chi connectivity index (χ3v) is 3.80. The number of aromatic nitrogens is 2. The molecule has 0 fully saturated rings. The maximum absolute atomic E-state index is 11.6. The molecule has 1 aromatic rings. The third kappa shape index (κ3) is 3.16. The van der Waals surface area contributed by atoms with E-state index >= 15 is 0 Å². The minimum absolute atomic E-state index is 0.188. The summed E-state index contributed by atoms with van der Waals surface area (Å²) >= 11 is 0. The van der Waals surface area contributed by atoms with Gasteiger partial charge in [0.1, 0.15) is 5.25 Å². The molecule has 0 saturated heterocycles. The van der Waals surface area contributed by atoms with Gasteiger partial charge in [0, 0.05) is 23.0 Å². The first-order valence-corrected chi connectivity index (χ1v) is 6.44. The summed E-state index contributed by atoms with van der Waals surface area (Å²) in [5.41, 5.74) is 0.667. The van der Waals surface area contributed by atoms with E-state index < -0.39 is 22.0 Å². The Balaban J connectivity index is 2.66. The van der Waals surface area contributed by atoms with Crippen LogP contribution in [-0.4, -0.2) is 30.3 Å². The van der Waals surface area contributed by atoms with Crippen LogP contribution in [0.4, 0.5) is 0 Å². The lowest BCUT2D eigenvalue weighted by Gasteiger charge is -2.05. The Bertz CT molecular complexity index is 401. The van der Waals surface area contributed by atoms with Crippen molar-refractivity contribution in [1.82, 2.24) is 9.78 Å². The molecule has 1 rings (SSSR count). The highest BCUT2D eigenvalue weighted by Crippen LogP contribution is 2.08. The molecule has 2 unspecified atom stereocenters. The van der Waals surface area contributed by atoms with E-state index in [1.54, 1.807) is 10.7 Å². The van der Waals surface area contributed by atoms with Gasteiger partial charge < -0.3 is 5.11 Å². The van der Waals surface area contributed by atoms with Crippen molar-refractivity contribution >= 4 is 16.8 Å². The molecule has 6 heteroatoms. The van der Waals surface area contributed by atoms with Gasteiger partial charge in [0.05, 0.1) is 11.4 Å². The first kappa shape index (κ1) is 12.9. The lowest BCUT2D eigenvalue weighted by Crippen LogP contribution is -2.23. The quantitative estimate of drug-likeness (QED) is 0.844. The van der Waals surface area contributed by atoms with Crippen LogP contribution >= 0.6 is 0 Å². The van der Waals surface area contributed by atoms with Crippen molar-refractivity contribution < 1.29 is 14.1 Å². The zero-order valence-corrected chi connectivity index (χ0v) is 10.4. The van der Waals surface area contributed by atoms with Gasteiger partial charge >= 0.3 is 5.97 Å². The third-order valence-electron chi connectivity index (χ3n) is 2.22. The molecular weight excluding hydrogens is 228 g/mol. The molecule has 1 N–H and O–H groups in total. The predicted octanol–water partition coefficient (Wildman–Crippen LogP) is 1.19. The number of aliphatic carboxylic acids is 1. The molecule has 90 valence electrons. The number of rotatable bonds is 5. The van der Waals surface area contributed by atoms with Crippen LogP contribution in [0.3, 0.4) is 0 Å². The van der Waals surface area contributed by atoms with Crippen molar-refractivity contribution in [3.05, 3.63) is 18.0 Å². The second-order valence-electron chi connectivity index (χ2n) is 3.89. The maximum atomic E-state index is 11.6. The summed E-state index contributed by atoms with van der Waals surface area (Å²) in [4.78, 5) is 10.6. The Hall–Kier alpha value is -1.17. The Morgan fingerprint density at radius 1 is 1.56 bits per heavy atom. The fourth-order valence-electron chi connectivity index (χ4n) is 1.13. The van der Waals surface area contributed by atoms with Crippen LogP contribution in [-0.2, 0) is 21.3 Å². The number of carbonyl (C=O) groups is 1. The van der Waals surface area contributed by atoms with Crippen LogP contribution in [0.25, 0.3) is 0 Å². The van der Waals surface area contributed by atoms with Gasteiger partial charge in [-0.1, -0.05) is 0 Å². The van der Waals surface area contributed by atoms with Crippen molar-refractivity contribution in [3.8, 4) is 0 Å². The van der Waals surface area contributed by atoms with E-state index in [2.05, 4.69) is 5.10 Å². The van der Waals surface area contributed by atoms with Crippen LogP contribution in [0.2, 0.25) is 0 Å². The van der Waals surface area contributed by atoms with Crippen LogP contribution < -0.4 is 0 Å². The lowest BCUT2D eigenvalue weighted by molar-refractivity contribution is -0.136. The molecule has 0 spiro atoms. The normalized spacial score (nSPS) is 15.0. The topological polar surface area (TPSA) is 72.2 Å².